The van der Waals surface area contributed by atoms with Crippen molar-refractivity contribution in [3.8, 4) is 0 Å². The molecule has 0 aromatic carbocycles. The number of hydrogen-bond donors (Lipinski definition) is 3. The van der Waals surface area contributed by atoms with E-state index in [-0.39, 0.29) is 19.1 Å². The highest BCUT2D eigenvalue weighted by molar-refractivity contribution is 7.47. The van der Waals surface area contributed by atoms with E-state index in [2.05, 4.69) is 43.5 Å². The third-order valence-corrected chi connectivity index (χ3v) is 10.9. The maximum atomic E-state index is 12.9. The van der Waals surface area contributed by atoms with E-state index >= 15 is 0 Å². The summed E-state index contributed by atoms with van der Waals surface area (Å²) >= 11 is 0. The van der Waals surface area contributed by atoms with Crippen molar-refractivity contribution in [2.24, 2.45) is 0 Å². The molecule has 0 aromatic rings. The molecule has 3 unspecified atom stereocenters. The zero-order valence-corrected chi connectivity index (χ0v) is 36.4. The molecular formula is C44H88N2O6P+. The number of phosphoric ester groups is 1. The van der Waals surface area contributed by atoms with Gasteiger partial charge in [0.25, 0.3) is 0 Å². The Morgan fingerprint density at radius 1 is 0.642 bits per heavy atom. The summed E-state index contributed by atoms with van der Waals surface area (Å²) in [5, 5.41) is 13.9. The Kier molecular flexibility index (Phi) is 35.9. The molecule has 1 amide bonds. The van der Waals surface area contributed by atoms with Gasteiger partial charge in [0.2, 0.25) is 5.91 Å². The summed E-state index contributed by atoms with van der Waals surface area (Å²) in [6, 6.07) is -0.765. The third-order valence-electron chi connectivity index (χ3n) is 9.95. The average Bonchev–Trinajstić information content (AvgIpc) is 3.10. The Balaban J connectivity index is 4.38. The summed E-state index contributed by atoms with van der Waals surface area (Å²) in [4.78, 5) is 23.1. The molecule has 314 valence electrons. The van der Waals surface area contributed by atoms with Crippen LogP contribution < -0.4 is 5.32 Å². The van der Waals surface area contributed by atoms with Crippen LogP contribution in [-0.2, 0) is 18.4 Å². The van der Waals surface area contributed by atoms with E-state index in [0.717, 1.165) is 64.2 Å². The van der Waals surface area contributed by atoms with E-state index in [1.807, 2.05) is 21.1 Å². The first kappa shape index (κ1) is 52.0. The lowest BCUT2D eigenvalue weighted by Gasteiger charge is -2.26. The number of nitrogens with zero attached hydrogens (tertiary/aromatic N) is 1. The minimum Gasteiger partial charge on any atom is -0.391 e. The molecule has 0 aliphatic carbocycles. The first-order valence-corrected chi connectivity index (χ1v) is 23.7. The van der Waals surface area contributed by atoms with E-state index in [1.165, 1.54) is 109 Å². The Hall–Kier alpha value is -1.02. The van der Waals surface area contributed by atoms with Crippen LogP contribution >= 0.6 is 7.82 Å². The van der Waals surface area contributed by atoms with Gasteiger partial charge in [0, 0.05) is 6.42 Å². The molecular weight excluding hydrogens is 683 g/mol. The van der Waals surface area contributed by atoms with Gasteiger partial charge in [0.1, 0.15) is 13.2 Å². The van der Waals surface area contributed by atoms with Crippen LogP contribution in [0.25, 0.3) is 0 Å². The Labute approximate surface area is 328 Å². The number of hydrogen-bond acceptors (Lipinski definition) is 5. The highest BCUT2D eigenvalue weighted by Gasteiger charge is 2.28. The second kappa shape index (κ2) is 36.6. The van der Waals surface area contributed by atoms with Gasteiger partial charge in [-0.2, -0.15) is 0 Å². The number of likely N-dealkylation sites (N-methyl/N-ethyl adjacent to an activating group) is 1. The van der Waals surface area contributed by atoms with Crippen molar-refractivity contribution in [2.75, 3.05) is 40.9 Å². The van der Waals surface area contributed by atoms with Crippen LogP contribution in [0.5, 0.6) is 0 Å². The number of quaternary nitrogens is 1. The van der Waals surface area contributed by atoms with Gasteiger partial charge in [0.05, 0.1) is 39.9 Å². The van der Waals surface area contributed by atoms with Crippen LogP contribution in [0.2, 0.25) is 0 Å². The van der Waals surface area contributed by atoms with Crippen LogP contribution in [-0.4, -0.2) is 73.4 Å². The van der Waals surface area contributed by atoms with Crippen molar-refractivity contribution in [1.29, 1.82) is 0 Å². The van der Waals surface area contributed by atoms with Crippen molar-refractivity contribution < 1.29 is 32.9 Å². The zero-order chi connectivity index (χ0) is 39.3. The molecule has 53 heavy (non-hydrogen) atoms. The third kappa shape index (κ3) is 39.0. The molecule has 0 aliphatic heterocycles. The lowest BCUT2D eigenvalue weighted by molar-refractivity contribution is -0.870. The van der Waals surface area contributed by atoms with Gasteiger partial charge in [0.15, 0.2) is 0 Å². The summed E-state index contributed by atoms with van der Waals surface area (Å²) < 4.78 is 23.6. The predicted molar refractivity (Wildman–Crippen MR) is 226 cm³/mol. The van der Waals surface area contributed by atoms with Gasteiger partial charge in [-0.05, 0) is 38.5 Å². The molecule has 0 aromatic heterocycles. The van der Waals surface area contributed by atoms with E-state index < -0.39 is 20.0 Å². The standard InChI is InChI=1S/C44H87N2O6P/c1-6-8-10-12-14-16-18-20-22-23-24-25-27-29-31-33-35-37-43(47)42(41-52-53(49,50)51-40-39-46(3,4)5)45-44(48)38-36-34-32-30-28-26-21-19-17-15-13-11-9-7-2/h13,15,19,21,42-43,47H,6-12,14,16-18,20,22-41H2,1-5H3,(H-,45,48,49,50)/p+1/b15-13-,21-19-. The highest BCUT2D eigenvalue weighted by atomic mass is 31.2. The minimum atomic E-state index is -4.31. The smallest absolute Gasteiger partial charge is 0.391 e. The van der Waals surface area contributed by atoms with Crippen molar-refractivity contribution >= 4 is 13.7 Å². The summed E-state index contributed by atoms with van der Waals surface area (Å²) in [7, 11) is 1.61. The van der Waals surface area contributed by atoms with Crippen molar-refractivity contribution in [1.82, 2.24) is 5.32 Å². The van der Waals surface area contributed by atoms with Crippen LogP contribution in [0.4, 0.5) is 0 Å². The Morgan fingerprint density at radius 2 is 1.09 bits per heavy atom. The Bertz CT molecular complexity index is 922. The fourth-order valence-corrected chi connectivity index (χ4v) is 7.09. The number of carbonyl (C=O) groups is 1. The first-order chi connectivity index (χ1) is 25.5. The van der Waals surface area contributed by atoms with Gasteiger partial charge in [-0.25, -0.2) is 4.57 Å². The topological polar surface area (TPSA) is 105 Å². The maximum Gasteiger partial charge on any atom is 0.472 e. The van der Waals surface area contributed by atoms with Gasteiger partial charge in [-0.1, -0.05) is 179 Å². The zero-order valence-electron chi connectivity index (χ0n) is 35.5. The number of phosphoric acid groups is 1. The quantitative estimate of drug-likeness (QED) is 0.0248. The number of allylic oxidation sites excluding steroid dienone is 4. The van der Waals surface area contributed by atoms with Crippen LogP contribution in [0.3, 0.4) is 0 Å². The molecule has 0 saturated heterocycles. The molecule has 0 heterocycles. The van der Waals surface area contributed by atoms with E-state index in [1.54, 1.807) is 0 Å². The predicted octanol–water partition coefficient (Wildman–Crippen LogP) is 12.1. The van der Waals surface area contributed by atoms with Crippen LogP contribution in [0.15, 0.2) is 24.3 Å². The molecule has 0 rings (SSSR count). The number of carbonyl (C=O) groups excluding carboxylic acids is 1. The van der Waals surface area contributed by atoms with Crippen molar-refractivity contribution in [2.45, 2.75) is 212 Å². The van der Waals surface area contributed by atoms with E-state index in [9.17, 15) is 19.4 Å². The second-order valence-electron chi connectivity index (χ2n) is 16.4. The number of aliphatic hydroxyl groups excluding tert-OH is 1. The fourth-order valence-electron chi connectivity index (χ4n) is 6.36. The van der Waals surface area contributed by atoms with Gasteiger partial charge >= 0.3 is 7.82 Å². The number of rotatable bonds is 40. The monoisotopic (exact) mass is 772 g/mol. The highest BCUT2D eigenvalue weighted by Crippen LogP contribution is 2.43. The van der Waals surface area contributed by atoms with Crippen molar-refractivity contribution in [3.05, 3.63) is 24.3 Å². The summed E-state index contributed by atoms with van der Waals surface area (Å²) in [6.07, 6.45) is 42.0. The average molecular weight is 772 g/mol. The van der Waals surface area contributed by atoms with E-state index in [4.69, 9.17) is 9.05 Å². The molecule has 0 radical (unpaired) electrons. The second-order valence-corrected chi connectivity index (χ2v) is 17.9. The summed E-state index contributed by atoms with van der Waals surface area (Å²) in [6.45, 7) is 4.84. The molecule has 3 atom stereocenters. The summed E-state index contributed by atoms with van der Waals surface area (Å²) in [5.74, 6) is -0.159. The fraction of sp³-hybridized carbons (Fsp3) is 0.886. The lowest BCUT2D eigenvalue weighted by Crippen LogP contribution is -2.46. The van der Waals surface area contributed by atoms with Gasteiger partial charge in [-0.15, -0.1) is 0 Å². The number of unbranched alkanes of at least 4 members (excludes halogenated alkanes) is 23. The number of aliphatic hydroxyl groups is 1. The van der Waals surface area contributed by atoms with Crippen LogP contribution in [0, 0.1) is 0 Å². The molecule has 3 N–H and O–H groups in total. The van der Waals surface area contributed by atoms with Gasteiger partial charge < -0.3 is 19.8 Å². The minimum absolute atomic E-state index is 0.0723. The largest absolute Gasteiger partial charge is 0.472 e. The Morgan fingerprint density at radius 3 is 1.60 bits per heavy atom. The molecule has 0 bridgehead atoms. The SMILES string of the molecule is CCCC/C=C\C/C=C\CCCCCCCC(=O)NC(COP(=O)(O)OCC[N+](C)(C)C)C(O)CCCCCCCCCCCCCCCCCCC. The lowest BCUT2D eigenvalue weighted by atomic mass is 10.0. The molecule has 0 spiro atoms. The first-order valence-electron chi connectivity index (χ1n) is 22.2. The normalized spacial score (nSPS) is 14.6. The van der Waals surface area contributed by atoms with Gasteiger partial charge in [-0.3, -0.25) is 13.8 Å². The molecule has 0 saturated carbocycles. The maximum absolute atomic E-state index is 12.9. The molecule has 0 aliphatic rings. The van der Waals surface area contributed by atoms with Crippen LogP contribution in [0.1, 0.15) is 200 Å². The van der Waals surface area contributed by atoms with Crippen molar-refractivity contribution in [3.63, 3.8) is 0 Å². The molecule has 9 heteroatoms. The number of amides is 1. The molecule has 0 fully saturated rings. The molecule has 8 nitrogen and oxygen atoms in total. The van der Waals surface area contributed by atoms with E-state index in [0.29, 0.717) is 23.9 Å². The number of nitrogens with one attached hydrogen (secondary N) is 1. The summed E-state index contributed by atoms with van der Waals surface area (Å²) in [5.41, 5.74) is 0.